The highest BCUT2D eigenvalue weighted by atomic mass is 15.1. The van der Waals surface area contributed by atoms with Crippen LogP contribution in [0.25, 0.3) is 5.82 Å². The van der Waals surface area contributed by atoms with Gasteiger partial charge in [0.05, 0.1) is 30.5 Å². The van der Waals surface area contributed by atoms with Crippen molar-refractivity contribution < 1.29 is 0 Å². The van der Waals surface area contributed by atoms with E-state index in [1.807, 2.05) is 41.6 Å². The fourth-order valence-electron chi connectivity index (χ4n) is 2.01. The lowest BCUT2D eigenvalue weighted by atomic mass is 10.3. The molecule has 0 aromatic carbocycles. The highest BCUT2D eigenvalue weighted by Crippen LogP contribution is 2.11. The number of pyridine rings is 1. The highest BCUT2D eigenvalue weighted by molar-refractivity contribution is 5.43. The van der Waals surface area contributed by atoms with Crippen LogP contribution in [-0.4, -0.2) is 24.1 Å². The Balaban J connectivity index is 1.67. The molecule has 0 saturated carbocycles. The molecule has 6 nitrogen and oxygen atoms in total. The van der Waals surface area contributed by atoms with Crippen LogP contribution in [0.2, 0.25) is 0 Å². The van der Waals surface area contributed by atoms with Crippen molar-refractivity contribution in [1.29, 1.82) is 0 Å². The van der Waals surface area contributed by atoms with Crippen molar-refractivity contribution in [1.82, 2.24) is 24.1 Å². The lowest BCUT2D eigenvalue weighted by molar-refractivity contribution is 0.719. The summed E-state index contributed by atoms with van der Waals surface area (Å²) < 4.78 is 3.98. The van der Waals surface area contributed by atoms with Gasteiger partial charge in [-0.1, -0.05) is 0 Å². The van der Waals surface area contributed by atoms with Crippen LogP contribution in [0.15, 0.2) is 49.6 Å². The number of hydrogen-bond donors (Lipinski definition) is 1. The van der Waals surface area contributed by atoms with Crippen LogP contribution in [0.1, 0.15) is 12.6 Å². The molecule has 3 heterocycles. The molecule has 0 fully saturated rings. The summed E-state index contributed by atoms with van der Waals surface area (Å²) in [6, 6.07) is 3.97. The van der Waals surface area contributed by atoms with E-state index >= 15 is 0 Å². The van der Waals surface area contributed by atoms with E-state index in [0.717, 1.165) is 30.3 Å². The van der Waals surface area contributed by atoms with Gasteiger partial charge in [0.1, 0.15) is 12.1 Å². The molecule has 0 amide bonds. The molecule has 0 saturated heterocycles. The zero-order chi connectivity index (χ0) is 13.8. The van der Waals surface area contributed by atoms with Crippen LogP contribution in [0.4, 0.5) is 5.69 Å². The lowest BCUT2D eigenvalue weighted by Crippen LogP contribution is -2.06. The van der Waals surface area contributed by atoms with Gasteiger partial charge < -0.3 is 9.88 Å². The van der Waals surface area contributed by atoms with Crippen LogP contribution < -0.4 is 5.32 Å². The van der Waals surface area contributed by atoms with Crippen molar-refractivity contribution in [2.24, 2.45) is 0 Å². The standard InChI is InChI=1S/C14H16N6/c1-2-19-11-16-8-13(19)9-17-12-3-4-14(18-7-12)20-6-5-15-10-20/h3-8,10-11,17H,2,9H2,1H3. The first-order valence-corrected chi connectivity index (χ1v) is 6.54. The molecular formula is C14H16N6. The van der Waals surface area contributed by atoms with Crippen molar-refractivity contribution in [3.63, 3.8) is 0 Å². The Bertz CT molecular complexity index is 653. The van der Waals surface area contributed by atoms with Gasteiger partial charge in [-0.15, -0.1) is 0 Å². The molecule has 3 aromatic rings. The molecule has 20 heavy (non-hydrogen) atoms. The summed E-state index contributed by atoms with van der Waals surface area (Å²) in [4.78, 5) is 12.6. The summed E-state index contributed by atoms with van der Waals surface area (Å²) in [5.74, 6) is 0.853. The van der Waals surface area contributed by atoms with Gasteiger partial charge in [-0.05, 0) is 19.1 Å². The topological polar surface area (TPSA) is 60.6 Å². The number of hydrogen-bond acceptors (Lipinski definition) is 4. The first-order valence-electron chi connectivity index (χ1n) is 6.54. The fourth-order valence-corrected chi connectivity index (χ4v) is 2.01. The van der Waals surface area contributed by atoms with Gasteiger partial charge in [0.15, 0.2) is 0 Å². The van der Waals surface area contributed by atoms with Gasteiger partial charge in [0, 0.05) is 25.1 Å². The van der Waals surface area contributed by atoms with Gasteiger partial charge in [-0.3, -0.25) is 4.57 Å². The maximum Gasteiger partial charge on any atom is 0.137 e. The Hall–Kier alpha value is -2.63. The molecule has 1 N–H and O–H groups in total. The van der Waals surface area contributed by atoms with Gasteiger partial charge in [0.2, 0.25) is 0 Å². The van der Waals surface area contributed by atoms with Crippen molar-refractivity contribution in [2.45, 2.75) is 20.0 Å². The second kappa shape index (κ2) is 5.56. The lowest BCUT2D eigenvalue weighted by Gasteiger charge is -2.08. The summed E-state index contributed by atoms with van der Waals surface area (Å²) in [6.07, 6.45) is 10.9. The molecule has 0 aliphatic carbocycles. The molecule has 6 heteroatoms. The van der Waals surface area contributed by atoms with Crippen LogP contribution in [-0.2, 0) is 13.1 Å². The maximum absolute atomic E-state index is 4.40. The second-order valence-corrected chi connectivity index (χ2v) is 4.40. The number of rotatable bonds is 5. The highest BCUT2D eigenvalue weighted by Gasteiger charge is 2.01. The monoisotopic (exact) mass is 268 g/mol. The zero-order valence-corrected chi connectivity index (χ0v) is 11.3. The molecule has 102 valence electrons. The van der Waals surface area contributed by atoms with E-state index in [4.69, 9.17) is 0 Å². The Morgan fingerprint density at radius 2 is 2.10 bits per heavy atom. The average molecular weight is 268 g/mol. The van der Waals surface area contributed by atoms with E-state index in [1.165, 1.54) is 0 Å². The minimum absolute atomic E-state index is 0.736. The van der Waals surface area contributed by atoms with Gasteiger partial charge in [-0.25, -0.2) is 15.0 Å². The van der Waals surface area contributed by atoms with Crippen LogP contribution in [0.5, 0.6) is 0 Å². The van der Waals surface area contributed by atoms with E-state index in [2.05, 4.69) is 31.8 Å². The molecule has 0 aliphatic rings. The third-order valence-electron chi connectivity index (χ3n) is 3.13. The van der Waals surface area contributed by atoms with Gasteiger partial charge in [0.25, 0.3) is 0 Å². The summed E-state index contributed by atoms with van der Waals surface area (Å²) in [5.41, 5.74) is 2.14. The van der Waals surface area contributed by atoms with E-state index in [0.29, 0.717) is 0 Å². The Morgan fingerprint density at radius 1 is 1.15 bits per heavy atom. The van der Waals surface area contributed by atoms with E-state index in [1.54, 1.807) is 12.5 Å². The van der Waals surface area contributed by atoms with Crippen LogP contribution in [0, 0.1) is 0 Å². The summed E-state index contributed by atoms with van der Waals surface area (Å²) >= 11 is 0. The van der Waals surface area contributed by atoms with Crippen molar-refractivity contribution >= 4 is 5.69 Å². The number of aryl methyl sites for hydroxylation is 1. The molecule has 3 aromatic heterocycles. The first-order chi connectivity index (χ1) is 9.86. The third kappa shape index (κ3) is 2.54. The quantitative estimate of drug-likeness (QED) is 0.769. The number of nitrogens with one attached hydrogen (secondary N) is 1. The number of imidazole rings is 2. The third-order valence-corrected chi connectivity index (χ3v) is 3.13. The van der Waals surface area contributed by atoms with Crippen molar-refractivity contribution in [2.75, 3.05) is 5.32 Å². The number of nitrogens with zero attached hydrogens (tertiary/aromatic N) is 5. The van der Waals surface area contributed by atoms with Crippen molar-refractivity contribution in [3.8, 4) is 5.82 Å². The summed E-state index contributed by atoms with van der Waals surface area (Å²) in [7, 11) is 0. The molecule has 0 unspecified atom stereocenters. The fraction of sp³-hybridized carbons (Fsp3) is 0.214. The predicted octanol–water partition coefficient (Wildman–Crippen LogP) is 2.10. The average Bonchev–Trinajstić information content (AvgIpc) is 3.16. The minimum Gasteiger partial charge on any atom is -0.378 e. The Morgan fingerprint density at radius 3 is 2.80 bits per heavy atom. The number of anilines is 1. The van der Waals surface area contributed by atoms with Gasteiger partial charge in [-0.2, -0.15) is 0 Å². The Labute approximate surface area is 117 Å². The molecule has 0 atom stereocenters. The smallest absolute Gasteiger partial charge is 0.137 e. The first kappa shape index (κ1) is 12.4. The summed E-state index contributed by atoms with van der Waals surface area (Å²) in [6.45, 7) is 3.77. The van der Waals surface area contributed by atoms with Crippen molar-refractivity contribution in [3.05, 3.63) is 55.3 Å². The van der Waals surface area contributed by atoms with Crippen LogP contribution in [0.3, 0.4) is 0 Å². The van der Waals surface area contributed by atoms with E-state index < -0.39 is 0 Å². The zero-order valence-electron chi connectivity index (χ0n) is 11.3. The maximum atomic E-state index is 4.40. The SMILES string of the molecule is CCn1cncc1CNc1ccc(-n2ccnc2)nc1. The molecule has 0 bridgehead atoms. The normalized spacial score (nSPS) is 10.7. The number of aromatic nitrogens is 5. The van der Waals surface area contributed by atoms with E-state index in [9.17, 15) is 0 Å². The molecule has 0 spiro atoms. The molecule has 3 rings (SSSR count). The van der Waals surface area contributed by atoms with Crippen LogP contribution >= 0.6 is 0 Å². The Kier molecular flexibility index (Phi) is 3.45. The molecular weight excluding hydrogens is 252 g/mol. The molecule has 0 radical (unpaired) electrons. The minimum atomic E-state index is 0.736. The predicted molar refractivity (Wildman–Crippen MR) is 76.6 cm³/mol. The summed E-state index contributed by atoms with van der Waals surface area (Å²) in [5, 5.41) is 3.35. The second-order valence-electron chi connectivity index (χ2n) is 4.40. The molecule has 0 aliphatic heterocycles. The van der Waals surface area contributed by atoms with Gasteiger partial charge >= 0.3 is 0 Å². The largest absolute Gasteiger partial charge is 0.378 e. The van der Waals surface area contributed by atoms with E-state index in [-0.39, 0.29) is 0 Å².